The molecule has 0 atom stereocenters. The second-order valence-electron chi connectivity index (χ2n) is 7.65. The Kier molecular flexibility index (Phi) is 8.53. The van der Waals surface area contributed by atoms with Gasteiger partial charge in [-0.3, -0.25) is 9.59 Å². The number of nitrogens with zero attached hydrogens (tertiary/aromatic N) is 2. The minimum absolute atomic E-state index is 0.167. The summed E-state index contributed by atoms with van der Waals surface area (Å²) < 4.78 is 12.9. The number of nitrogens with one attached hydrogen (secondary N) is 2. The lowest BCUT2D eigenvalue weighted by molar-refractivity contribution is -0.119. The summed E-state index contributed by atoms with van der Waals surface area (Å²) in [6.07, 6.45) is 1.51. The van der Waals surface area contributed by atoms with Crippen molar-refractivity contribution in [3.05, 3.63) is 77.9 Å². The van der Waals surface area contributed by atoms with E-state index in [2.05, 4.69) is 20.8 Å². The first-order chi connectivity index (χ1) is 17.5. The fraction of sp³-hybridized carbons (Fsp3) is 0.154. The van der Waals surface area contributed by atoms with Crippen molar-refractivity contribution in [1.82, 2.24) is 10.4 Å². The Labute approximate surface area is 216 Å². The third kappa shape index (κ3) is 7.06. The van der Waals surface area contributed by atoms with Crippen molar-refractivity contribution >= 4 is 57.0 Å². The SMILES string of the molecule is COc1cc(/C=N/NC(=O)CSc2nc3ccccc3s2)ccc1OCC(=O)Nc1cccc(C)c1. The van der Waals surface area contributed by atoms with Gasteiger partial charge in [-0.2, -0.15) is 5.10 Å². The van der Waals surface area contributed by atoms with E-state index in [1.807, 2.05) is 55.5 Å². The molecule has 36 heavy (non-hydrogen) atoms. The first-order valence-electron chi connectivity index (χ1n) is 11.0. The van der Waals surface area contributed by atoms with Crippen molar-refractivity contribution in [2.45, 2.75) is 11.3 Å². The fourth-order valence-corrected chi connectivity index (χ4v) is 5.06. The van der Waals surface area contributed by atoms with Gasteiger partial charge in [-0.15, -0.1) is 11.3 Å². The normalized spacial score (nSPS) is 10.9. The summed E-state index contributed by atoms with van der Waals surface area (Å²) >= 11 is 2.92. The van der Waals surface area contributed by atoms with Crippen LogP contribution in [-0.2, 0) is 9.59 Å². The molecular weight excluding hydrogens is 496 g/mol. The van der Waals surface area contributed by atoms with Gasteiger partial charge in [0.1, 0.15) is 0 Å². The van der Waals surface area contributed by atoms with Crippen molar-refractivity contribution in [1.29, 1.82) is 0 Å². The van der Waals surface area contributed by atoms with E-state index < -0.39 is 0 Å². The van der Waals surface area contributed by atoms with Gasteiger partial charge in [0.2, 0.25) is 0 Å². The molecule has 4 rings (SSSR count). The number of para-hydroxylation sites is 1. The average Bonchev–Trinajstić information content (AvgIpc) is 3.30. The average molecular weight is 521 g/mol. The Hall–Kier alpha value is -3.89. The number of benzene rings is 3. The zero-order valence-electron chi connectivity index (χ0n) is 19.7. The molecule has 4 aromatic rings. The number of ether oxygens (including phenoxy) is 2. The van der Waals surface area contributed by atoms with Gasteiger partial charge in [-0.1, -0.05) is 36.0 Å². The Morgan fingerprint density at radius 3 is 2.72 bits per heavy atom. The summed E-state index contributed by atoms with van der Waals surface area (Å²) in [7, 11) is 1.51. The molecule has 0 aliphatic rings. The van der Waals surface area contributed by atoms with Crippen LogP contribution >= 0.6 is 23.1 Å². The lowest BCUT2D eigenvalue weighted by atomic mass is 10.2. The largest absolute Gasteiger partial charge is 0.493 e. The van der Waals surface area contributed by atoms with E-state index in [1.54, 1.807) is 29.5 Å². The van der Waals surface area contributed by atoms with Crippen LogP contribution in [0.4, 0.5) is 5.69 Å². The van der Waals surface area contributed by atoms with Crippen LogP contribution in [0.3, 0.4) is 0 Å². The van der Waals surface area contributed by atoms with Crippen LogP contribution in [0, 0.1) is 6.92 Å². The van der Waals surface area contributed by atoms with E-state index >= 15 is 0 Å². The molecular formula is C26H24N4O4S2. The first kappa shape index (κ1) is 25.2. The molecule has 2 amide bonds. The van der Waals surface area contributed by atoms with Crippen LogP contribution in [0.1, 0.15) is 11.1 Å². The predicted molar refractivity (Wildman–Crippen MR) is 144 cm³/mol. The maximum atomic E-state index is 12.2. The van der Waals surface area contributed by atoms with Crippen LogP contribution in [0.15, 0.2) is 76.2 Å². The highest BCUT2D eigenvalue weighted by Crippen LogP contribution is 2.29. The van der Waals surface area contributed by atoms with Gasteiger partial charge in [0.15, 0.2) is 22.4 Å². The van der Waals surface area contributed by atoms with E-state index in [-0.39, 0.29) is 24.2 Å². The Morgan fingerprint density at radius 2 is 1.92 bits per heavy atom. The van der Waals surface area contributed by atoms with Crippen LogP contribution < -0.4 is 20.2 Å². The van der Waals surface area contributed by atoms with Gasteiger partial charge in [0.25, 0.3) is 11.8 Å². The number of carbonyl (C=O) groups is 2. The van der Waals surface area contributed by atoms with Gasteiger partial charge < -0.3 is 14.8 Å². The molecule has 3 aromatic carbocycles. The number of hydrazone groups is 1. The van der Waals surface area contributed by atoms with E-state index in [9.17, 15) is 9.59 Å². The Bertz CT molecular complexity index is 1370. The summed E-state index contributed by atoms with van der Waals surface area (Å²) in [5.74, 6) is 0.560. The van der Waals surface area contributed by atoms with E-state index in [0.717, 1.165) is 20.1 Å². The molecule has 0 fully saturated rings. The molecule has 10 heteroatoms. The minimum atomic E-state index is -0.278. The number of thioether (sulfide) groups is 1. The maximum Gasteiger partial charge on any atom is 0.262 e. The van der Waals surface area contributed by atoms with Crippen molar-refractivity contribution in [3.63, 3.8) is 0 Å². The second-order valence-corrected chi connectivity index (χ2v) is 9.90. The molecule has 0 bridgehead atoms. The lowest BCUT2D eigenvalue weighted by Gasteiger charge is -2.11. The van der Waals surface area contributed by atoms with E-state index in [4.69, 9.17) is 9.47 Å². The van der Waals surface area contributed by atoms with E-state index in [0.29, 0.717) is 22.7 Å². The number of fused-ring (bicyclic) bond motifs is 1. The highest BCUT2D eigenvalue weighted by molar-refractivity contribution is 8.01. The van der Waals surface area contributed by atoms with Crippen LogP contribution in [0.25, 0.3) is 10.2 Å². The zero-order chi connectivity index (χ0) is 25.3. The standard InChI is InChI=1S/C26H24N4O4S2/c1-17-6-5-7-19(12-17)28-24(31)15-34-21-11-10-18(13-22(21)33-2)14-27-30-25(32)16-35-26-29-20-8-3-4-9-23(20)36-26/h3-14H,15-16H2,1-2H3,(H,28,31)(H,30,32)/b27-14+. The Morgan fingerprint density at radius 1 is 1.06 bits per heavy atom. The van der Waals surface area contributed by atoms with Gasteiger partial charge in [-0.05, 0) is 60.5 Å². The lowest BCUT2D eigenvalue weighted by Crippen LogP contribution is -2.20. The molecule has 0 unspecified atom stereocenters. The first-order valence-corrected chi connectivity index (χ1v) is 12.8. The summed E-state index contributed by atoms with van der Waals surface area (Å²) in [5.41, 5.74) is 5.90. The molecule has 8 nitrogen and oxygen atoms in total. The number of carbonyl (C=O) groups excluding carboxylic acids is 2. The third-order valence-corrected chi connectivity index (χ3v) is 7.03. The number of amides is 2. The van der Waals surface area contributed by atoms with Gasteiger partial charge >= 0.3 is 0 Å². The molecule has 0 saturated carbocycles. The van der Waals surface area contributed by atoms with Crippen LogP contribution in [0.5, 0.6) is 11.5 Å². The van der Waals surface area contributed by atoms with E-state index in [1.165, 1.54) is 25.1 Å². The topological polar surface area (TPSA) is 102 Å². The highest BCUT2D eigenvalue weighted by Gasteiger charge is 2.10. The summed E-state index contributed by atoms with van der Waals surface area (Å²) in [6.45, 7) is 1.79. The quantitative estimate of drug-likeness (QED) is 0.176. The number of hydrogen-bond acceptors (Lipinski definition) is 8. The molecule has 1 heterocycles. The van der Waals surface area contributed by atoms with Gasteiger partial charge in [0, 0.05) is 5.69 Å². The number of anilines is 1. The van der Waals surface area contributed by atoms with Crippen molar-refractivity contribution < 1.29 is 19.1 Å². The number of hydrogen-bond donors (Lipinski definition) is 2. The second kappa shape index (κ2) is 12.2. The van der Waals surface area contributed by atoms with Gasteiger partial charge in [0.05, 0.1) is 29.3 Å². The molecule has 0 aliphatic heterocycles. The molecule has 2 N–H and O–H groups in total. The molecule has 0 spiro atoms. The third-order valence-electron chi connectivity index (χ3n) is 4.85. The summed E-state index contributed by atoms with van der Waals surface area (Å²) in [4.78, 5) is 28.9. The molecule has 0 aliphatic carbocycles. The number of aryl methyl sites for hydroxylation is 1. The number of thiazole rings is 1. The van der Waals surface area contributed by atoms with Crippen molar-refractivity contribution in [2.75, 3.05) is 24.8 Å². The highest BCUT2D eigenvalue weighted by atomic mass is 32.2. The minimum Gasteiger partial charge on any atom is -0.493 e. The Balaban J connectivity index is 1.26. The predicted octanol–water partition coefficient (Wildman–Crippen LogP) is 4.87. The van der Waals surface area contributed by atoms with Crippen LogP contribution in [-0.4, -0.2) is 42.5 Å². The number of aromatic nitrogens is 1. The number of methoxy groups -OCH3 is 1. The van der Waals surface area contributed by atoms with Gasteiger partial charge in [-0.25, -0.2) is 10.4 Å². The molecule has 0 saturated heterocycles. The molecule has 1 aromatic heterocycles. The maximum absolute atomic E-state index is 12.2. The zero-order valence-corrected chi connectivity index (χ0v) is 21.3. The smallest absolute Gasteiger partial charge is 0.262 e. The van der Waals surface area contributed by atoms with Crippen LogP contribution in [0.2, 0.25) is 0 Å². The number of rotatable bonds is 10. The fourth-order valence-electron chi connectivity index (χ4n) is 3.20. The molecule has 0 radical (unpaired) electrons. The molecule has 184 valence electrons. The summed E-state index contributed by atoms with van der Waals surface area (Å²) in [5, 5.41) is 6.81. The van der Waals surface area contributed by atoms with Crippen molar-refractivity contribution in [3.8, 4) is 11.5 Å². The van der Waals surface area contributed by atoms with Crippen molar-refractivity contribution in [2.24, 2.45) is 5.10 Å². The monoisotopic (exact) mass is 520 g/mol. The summed E-state index contributed by atoms with van der Waals surface area (Å²) in [6, 6.07) is 20.5.